The highest BCUT2D eigenvalue weighted by Crippen LogP contribution is 2.36. The number of halogens is 2. The van der Waals surface area contributed by atoms with Crippen LogP contribution in [0.4, 0.5) is 20.3 Å². The van der Waals surface area contributed by atoms with E-state index in [1.165, 1.54) is 42.0 Å². The number of nitrogens with one attached hydrogen (secondary N) is 1. The number of aromatic nitrogens is 4. The predicted molar refractivity (Wildman–Crippen MR) is 153 cm³/mol. The van der Waals surface area contributed by atoms with Crippen LogP contribution in [0.2, 0.25) is 0 Å². The van der Waals surface area contributed by atoms with Crippen LogP contribution in [-0.2, 0) is 10.0 Å². The van der Waals surface area contributed by atoms with Crippen LogP contribution >= 0.6 is 0 Å². The van der Waals surface area contributed by atoms with Gasteiger partial charge in [-0.1, -0.05) is 13.8 Å². The van der Waals surface area contributed by atoms with Gasteiger partial charge in [-0.05, 0) is 50.0 Å². The van der Waals surface area contributed by atoms with Crippen molar-refractivity contribution in [2.24, 2.45) is 0 Å². The molecular formula is C28H33F2N7O2S. The van der Waals surface area contributed by atoms with Gasteiger partial charge < -0.3 is 14.4 Å². The molecule has 1 aliphatic heterocycles. The van der Waals surface area contributed by atoms with Crippen molar-refractivity contribution in [2.75, 3.05) is 41.9 Å². The fourth-order valence-corrected chi connectivity index (χ4v) is 5.95. The zero-order valence-corrected chi connectivity index (χ0v) is 22.4. The van der Waals surface area contributed by atoms with Crippen molar-refractivity contribution in [2.45, 2.75) is 39.1 Å². The molecule has 0 unspecified atom stereocenters. The Morgan fingerprint density at radius 2 is 1.95 bits per heavy atom. The maximum absolute atomic E-state index is 15.9. The number of nitrogens with zero attached hydrogens (tertiary/aromatic N) is 6. The van der Waals surface area contributed by atoms with Crippen LogP contribution in [0.25, 0.3) is 27.8 Å². The molecule has 0 spiro atoms. The van der Waals surface area contributed by atoms with E-state index < -0.39 is 59.4 Å². The molecule has 1 N–H and O–H groups in total. The normalized spacial score (nSPS) is 19.0. The smallest absolute Gasteiger partial charge is 0.232 e. The Balaban J connectivity index is 1.62. The van der Waals surface area contributed by atoms with Gasteiger partial charge in [-0.15, -0.1) is 0 Å². The number of benzene rings is 1. The summed E-state index contributed by atoms with van der Waals surface area (Å²) in [4.78, 5) is 15.0. The second-order valence-electron chi connectivity index (χ2n) is 9.46. The van der Waals surface area contributed by atoms with Gasteiger partial charge in [0.1, 0.15) is 23.6 Å². The van der Waals surface area contributed by atoms with Gasteiger partial charge in [0, 0.05) is 66.8 Å². The van der Waals surface area contributed by atoms with E-state index in [1.807, 2.05) is 0 Å². The molecule has 0 atom stereocenters. The molecule has 5 rings (SSSR count). The molecule has 1 fully saturated rings. The quantitative estimate of drug-likeness (QED) is 0.304. The highest BCUT2D eigenvalue weighted by molar-refractivity contribution is 7.92. The third-order valence-electron chi connectivity index (χ3n) is 6.78. The van der Waals surface area contributed by atoms with E-state index in [4.69, 9.17) is 11.0 Å². The van der Waals surface area contributed by atoms with E-state index in [0.29, 0.717) is 11.1 Å². The Labute approximate surface area is 244 Å². The molecule has 3 aromatic heterocycles. The van der Waals surface area contributed by atoms with E-state index in [9.17, 15) is 8.42 Å². The lowest BCUT2D eigenvalue weighted by molar-refractivity contribution is 0.220. The van der Waals surface area contributed by atoms with Crippen molar-refractivity contribution in [3.63, 3.8) is 0 Å². The summed E-state index contributed by atoms with van der Waals surface area (Å²) < 4.78 is 123. The largest absolute Gasteiger partial charge is 0.357 e. The van der Waals surface area contributed by atoms with Gasteiger partial charge in [0.25, 0.3) is 0 Å². The first kappa shape index (κ1) is 19.4. The van der Waals surface area contributed by atoms with E-state index in [-0.39, 0.29) is 55.0 Å². The first-order chi connectivity index (χ1) is 22.4. The molecule has 1 aromatic carbocycles. The Hall–Kier alpha value is -3.64. The van der Waals surface area contributed by atoms with Crippen molar-refractivity contribution in [1.82, 2.24) is 24.4 Å². The molecule has 0 aliphatic carbocycles. The summed E-state index contributed by atoms with van der Waals surface area (Å²) in [6, 6.07) is 4.06. The van der Waals surface area contributed by atoms with Gasteiger partial charge in [-0.2, -0.15) is 0 Å². The highest BCUT2D eigenvalue weighted by atomic mass is 32.2. The molecule has 4 aromatic rings. The molecule has 0 saturated carbocycles. The lowest BCUT2D eigenvalue weighted by atomic mass is 10.0. The van der Waals surface area contributed by atoms with Gasteiger partial charge >= 0.3 is 0 Å². The molecule has 0 amide bonds. The minimum atomic E-state index is -3.92. The van der Waals surface area contributed by atoms with Crippen LogP contribution in [0, 0.1) is 11.6 Å². The molecule has 0 radical (unpaired) electrons. The number of sulfonamides is 1. The summed E-state index contributed by atoms with van der Waals surface area (Å²) in [5.74, 6) is -2.46. The summed E-state index contributed by atoms with van der Waals surface area (Å²) in [7, 11) is -3.92. The van der Waals surface area contributed by atoms with Crippen LogP contribution < -0.4 is 9.62 Å². The molecule has 1 aliphatic rings. The zero-order chi connectivity index (χ0) is 35.2. The van der Waals surface area contributed by atoms with Crippen LogP contribution in [0.3, 0.4) is 0 Å². The third-order valence-corrected chi connectivity index (χ3v) is 8.26. The van der Waals surface area contributed by atoms with E-state index in [0.717, 1.165) is 21.6 Å². The van der Waals surface area contributed by atoms with Gasteiger partial charge in [-0.3, -0.25) is 4.72 Å². The van der Waals surface area contributed by atoms with Crippen molar-refractivity contribution >= 4 is 32.6 Å². The second kappa shape index (κ2) is 11.5. The average molecular weight is 578 g/mol. The number of hydrogen-bond acceptors (Lipinski definition) is 7. The topological polar surface area (TPSA) is 96.2 Å². The number of fused-ring (bicyclic) bond motifs is 1. The van der Waals surface area contributed by atoms with Crippen LogP contribution in [0.5, 0.6) is 0 Å². The Morgan fingerprint density at radius 1 is 1.18 bits per heavy atom. The first-order valence-electron chi connectivity index (χ1n) is 16.7. The molecule has 0 bridgehead atoms. The number of piperidine rings is 1. The number of anilines is 2. The van der Waals surface area contributed by atoms with Crippen molar-refractivity contribution in [1.29, 1.82) is 0 Å². The van der Waals surface area contributed by atoms with Crippen LogP contribution in [-0.4, -0.2) is 71.2 Å². The van der Waals surface area contributed by atoms with Gasteiger partial charge in [-0.25, -0.2) is 32.2 Å². The number of pyridine rings is 1. The minimum Gasteiger partial charge on any atom is -0.357 e. The summed E-state index contributed by atoms with van der Waals surface area (Å²) in [6.45, 7) is -6.64. The van der Waals surface area contributed by atoms with Crippen LogP contribution in [0.15, 0.2) is 49.2 Å². The summed E-state index contributed by atoms with van der Waals surface area (Å²) in [5.41, 5.74) is -0.0585. The zero-order valence-electron chi connectivity index (χ0n) is 29.6. The SMILES string of the molecule is [2H]C([2H])([2H])N(c1ccc2c(n1)c(-c1cncnc1)cn2-c1c(F)ccc(NS(=O)(=O)CCC)c1F)C1CCN(C([2H])([2H])C([2H])([2H])[2H])CC1. The predicted octanol–water partition coefficient (Wildman–Crippen LogP) is 4.83. The van der Waals surface area contributed by atoms with Gasteiger partial charge in [0.05, 0.1) is 22.5 Å². The van der Waals surface area contributed by atoms with Crippen molar-refractivity contribution < 1.29 is 28.2 Å². The average Bonchev–Trinajstić information content (AvgIpc) is 3.37. The molecule has 12 heteroatoms. The summed E-state index contributed by atoms with van der Waals surface area (Å²) in [5, 5.41) is 0. The fourth-order valence-electron chi connectivity index (χ4n) is 4.81. The molecule has 1 saturated heterocycles. The Morgan fingerprint density at radius 3 is 2.65 bits per heavy atom. The van der Waals surface area contributed by atoms with E-state index in [2.05, 4.69) is 19.7 Å². The standard InChI is InChI=1S/C28H33F2N7O2S/c1-4-14-40(38,39)34-23-7-6-22(29)28(26(23)30)37-17-21(19-15-31-18-32-16-19)27-24(37)8-9-25(33-27)35(3)20-10-12-36(5-2)13-11-20/h6-9,15-18,20,34H,4-5,10-14H2,1-3H3/i2D3,3D3,5D2. The number of rotatable bonds is 9. The van der Waals surface area contributed by atoms with Crippen molar-refractivity contribution in [3.05, 3.63) is 60.8 Å². The van der Waals surface area contributed by atoms with Crippen molar-refractivity contribution in [3.8, 4) is 16.8 Å². The second-order valence-corrected chi connectivity index (χ2v) is 11.3. The molecule has 9 nitrogen and oxygen atoms in total. The molecule has 212 valence electrons. The molecule has 40 heavy (non-hydrogen) atoms. The van der Waals surface area contributed by atoms with Gasteiger partial charge in [0.2, 0.25) is 10.0 Å². The van der Waals surface area contributed by atoms with Crippen LogP contribution in [0.1, 0.15) is 44.0 Å². The fraction of sp³-hybridized carbons (Fsp3) is 0.393. The van der Waals surface area contributed by atoms with E-state index in [1.54, 1.807) is 6.92 Å². The first-order valence-corrected chi connectivity index (χ1v) is 14.3. The maximum Gasteiger partial charge on any atom is 0.232 e. The monoisotopic (exact) mass is 577 g/mol. The number of hydrogen-bond donors (Lipinski definition) is 1. The van der Waals surface area contributed by atoms with Gasteiger partial charge in [0.15, 0.2) is 5.82 Å². The molecular weight excluding hydrogens is 536 g/mol. The third kappa shape index (κ3) is 5.50. The highest BCUT2D eigenvalue weighted by Gasteiger charge is 2.25. The number of likely N-dealkylation sites (tertiary alicyclic amines) is 1. The lowest BCUT2D eigenvalue weighted by Gasteiger charge is -2.36. The lowest BCUT2D eigenvalue weighted by Crippen LogP contribution is -2.43. The minimum absolute atomic E-state index is 0.00217. The maximum atomic E-state index is 15.9. The Kier molecular flexibility index (Phi) is 5.57. The summed E-state index contributed by atoms with van der Waals surface area (Å²) >= 11 is 0. The Bertz CT molecular complexity index is 1900. The summed E-state index contributed by atoms with van der Waals surface area (Å²) in [6.07, 6.45) is 6.05. The van der Waals surface area contributed by atoms with E-state index >= 15 is 8.78 Å². The molecule has 4 heterocycles.